The van der Waals surface area contributed by atoms with Crippen molar-refractivity contribution in [2.75, 3.05) is 23.3 Å². The van der Waals surface area contributed by atoms with E-state index in [0.29, 0.717) is 30.0 Å². The third kappa shape index (κ3) is 5.37. The number of carbonyl (C=O) groups excluding carboxylic acids is 1. The lowest BCUT2D eigenvalue weighted by atomic mass is 9.90. The molecule has 1 saturated heterocycles. The van der Waals surface area contributed by atoms with E-state index >= 15 is 0 Å². The van der Waals surface area contributed by atoms with E-state index in [1.54, 1.807) is 19.2 Å². The zero-order valence-electron chi connectivity index (χ0n) is 18.3. The van der Waals surface area contributed by atoms with Crippen LogP contribution in [0.5, 0.6) is 0 Å². The summed E-state index contributed by atoms with van der Waals surface area (Å²) in [6, 6.07) is 7.82. The SMILES string of the molecule is Cc1cnc(N2CCCC(c3cc(F)cc(F)c3)C2)c(C(=O)Nc2ccnc(S(N)(=O)=O)c2)c1. The van der Waals surface area contributed by atoms with E-state index in [0.717, 1.165) is 24.5 Å². The van der Waals surface area contributed by atoms with Gasteiger partial charge < -0.3 is 10.2 Å². The van der Waals surface area contributed by atoms with E-state index in [-0.39, 0.29) is 16.6 Å². The Bertz CT molecular complexity index is 1330. The normalized spacial score (nSPS) is 16.4. The second-order valence-corrected chi connectivity index (χ2v) is 9.76. The Kier molecular flexibility index (Phi) is 6.58. The van der Waals surface area contributed by atoms with Crippen molar-refractivity contribution in [1.29, 1.82) is 0 Å². The average Bonchev–Trinajstić information content (AvgIpc) is 2.78. The number of hydrogen-bond acceptors (Lipinski definition) is 6. The molecule has 8 nitrogen and oxygen atoms in total. The highest BCUT2D eigenvalue weighted by Crippen LogP contribution is 2.32. The van der Waals surface area contributed by atoms with Crippen LogP contribution in [0.25, 0.3) is 0 Å². The number of anilines is 2. The summed E-state index contributed by atoms with van der Waals surface area (Å²) in [6.45, 7) is 2.85. The molecular formula is C23H23F2N5O3S. The molecule has 3 N–H and O–H groups in total. The molecule has 0 bridgehead atoms. The average molecular weight is 488 g/mol. The molecule has 1 aliphatic rings. The maximum Gasteiger partial charge on any atom is 0.259 e. The van der Waals surface area contributed by atoms with Gasteiger partial charge in [-0.15, -0.1) is 0 Å². The number of nitrogens with two attached hydrogens (primary N) is 1. The van der Waals surface area contributed by atoms with Crippen LogP contribution in [-0.2, 0) is 10.0 Å². The first-order valence-electron chi connectivity index (χ1n) is 10.6. The third-order valence-electron chi connectivity index (χ3n) is 5.61. The van der Waals surface area contributed by atoms with Gasteiger partial charge in [0.2, 0.25) is 0 Å². The van der Waals surface area contributed by atoms with E-state index in [4.69, 9.17) is 5.14 Å². The number of carbonyl (C=O) groups is 1. The Hall–Kier alpha value is -3.44. The molecule has 34 heavy (non-hydrogen) atoms. The first kappa shape index (κ1) is 23.7. The molecule has 0 spiro atoms. The Labute approximate surface area is 195 Å². The molecule has 0 saturated carbocycles. The van der Waals surface area contributed by atoms with E-state index in [9.17, 15) is 22.0 Å². The predicted molar refractivity (Wildman–Crippen MR) is 123 cm³/mol. The van der Waals surface area contributed by atoms with E-state index in [1.165, 1.54) is 30.5 Å². The van der Waals surface area contributed by atoms with Crippen molar-refractivity contribution in [3.05, 3.63) is 77.1 Å². The van der Waals surface area contributed by atoms with Crippen LogP contribution in [0.15, 0.2) is 53.8 Å². The zero-order chi connectivity index (χ0) is 24.5. The number of aryl methyl sites for hydroxylation is 1. The number of primary sulfonamides is 1. The molecule has 1 fully saturated rings. The summed E-state index contributed by atoms with van der Waals surface area (Å²) in [5.74, 6) is -1.44. The molecular weight excluding hydrogens is 464 g/mol. The highest BCUT2D eigenvalue weighted by molar-refractivity contribution is 7.89. The minimum Gasteiger partial charge on any atom is -0.355 e. The highest BCUT2D eigenvalue weighted by Gasteiger charge is 2.26. The number of piperidine rings is 1. The van der Waals surface area contributed by atoms with Gasteiger partial charge in [0, 0.05) is 49.2 Å². The molecule has 1 aliphatic heterocycles. The van der Waals surface area contributed by atoms with Gasteiger partial charge in [-0.05, 0) is 55.2 Å². The third-order valence-corrected chi connectivity index (χ3v) is 6.42. The number of halogens is 2. The number of nitrogens with one attached hydrogen (secondary N) is 1. The summed E-state index contributed by atoms with van der Waals surface area (Å²) in [7, 11) is -4.03. The molecule has 11 heteroatoms. The fraction of sp³-hybridized carbons (Fsp3) is 0.261. The van der Waals surface area contributed by atoms with Crippen molar-refractivity contribution in [2.45, 2.75) is 30.7 Å². The number of aromatic nitrogens is 2. The molecule has 1 atom stereocenters. The summed E-state index contributed by atoms with van der Waals surface area (Å²) >= 11 is 0. The molecule has 0 radical (unpaired) electrons. The van der Waals surface area contributed by atoms with Crippen LogP contribution < -0.4 is 15.4 Å². The summed E-state index contributed by atoms with van der Waals surface area (Å²) in [5.41, 5.74) is 1.82. The van der Waals surface area contributed by atoms with Crippen LogP contribution in [0, 0.1) is 18.6 Å². The summed E-state index contributed by atoms with van der Waals surface area (Å²) in [5, 5.41) is 7.43. The van der Waals surface area contributed by atoms with Gasteiger partial charge in [-0.25, -0.2) is 32.3 Å². The summed E-state index contributed by atoms with van der Waals surface area (Å²) < 4.78 is 50.7. The van der Waals surface area contributed by atoms with Gasteiger partial charge in [0.25, 0.3) is 15.9 Å². The maximum atomic E-state index is 13.8. The number of benzene rings is 1. The number of rotatable bonds is 5. The minimum absolute atomic E-state index is 0.129. The number of amides is 1. The Morgan fingerprint density at radius 2 is 1.88 bits per heavy atom. The van der Waals surface area contributed by atoms with Crippen molar-refractivity contribution >= 4 is 27.4 Å². The van der Waals surface area contributed by atoms with Crippen molar-refractivity contribution in [3.63, 3.8) is 0 Å². The number of pyridine rings is 2. The quantitative estimate of drug-likeness (QED) is 0.570. The first-order chi connectivity index (χ1) is 16.1. The van der Waals surface area contributed by atoms with Gasteiger partial charge in [0.1, 0.15) is 17.5 Å². The number of nitrogens with zero attached hydrogens (tertiary/aromatic N) is 3. The van der Waals surface area contributed by atoms with Crippen LogP contribution in [-0.4, -0.2) is 37.4 Å². The monoisotopic (exact) mass is 487 g/mol. The predicted octanol–water partition coefficient (Wildman–Crippen LogP) is 3.35. The number of sulfonamides is 1. The lowest BCUT2D eigenvalue weighted by Crippen LogP contribution is -2.36. The lowest BCUT2D eigenvalue weighted by molar-refractivity contribution is 0.102. The second kappa shape index (κ2) is 9.43. The van der Waals surface area contributed by atoms with Crippen LogP contribution in [0.1, 0.15) is 40.2 Å². The lowest BCUT2D eigenvalue weighted by Gasteiger charge is -2.34. The Balaban J connectivity index is 1.61. The molecule has 0 aliphatic carbocycles. The molecule has 3 heterocycles. The summed E-state index contributed by atoms with van der Waals surface area (Å²) in [6.07, 6.45) is 4.38. The molecule has 1 aromatic carbocycles. The first-order valence-corrected chi connectivity index (χ1v) is 12.1. The molecule has 3 aromatic rings. The van der Waals surface area contributed by atoms with Crippen LogP contribution in [0.3, 0.4) is 0 Å². The highest BCUT2D eigenvalue weighted by atomic mass is 32.2. The van der Waals surface area contributed by atoms with Gasteiger partial charge in [0.05, 0.1) is 5.56 Å². The number of hydrogen-bond donors (Lipinski definition) is 2. The molecule has 4 rings (SSSR count). The van der Waals surface area contributed by atoms with Gasteiger partial charge in [0.15, 0.2) is 5.03 Å². The van der Waals surface area contributed by atoms with Gasteiger partial charge in [-0.1, -0.05) is 0 Å². The van der Waals surface area contributed by atoms with Crippen molar-refractivity contribution in [2.24, 2.45) is 5.14 Å². The van der Waals surface area contributed by atoms with Crippen molar-refractivity contribution in [3.8, 4) is 0 Å². The molecule has 2 aromatic heterocycles. The second-order valence-electron chi connectivity index (χ2n) is 8.25. The van der Waals surface area contributed by atoms with E-state index in [1.807, 2.05) is 4.90 Å². The molecule has 1 amide bonds. The van der Waals surface area contributed by atoms with E-state index < -0.39 is 27.6 Å². The van der Waals surface area contributed by atoms with Gasteiger partial charge in [-0.3, -0.25) is 4.79 Å². The Morgan fingerprint density at radius 1 is 1.15 bits per heavy atom. The van der Waals surface area contributed by atoms with Gasteiger partial charge in [-0.2, -0.15) is 0 Å². The van der Waals surface area contributed by atoms with Crippen LogP contribution in [0.4, 0.5) is 20.3 Å². The largest absolute Gasteiger partial charge is 0.355 e. The van der Waals surface area contributed by atoms with Gasteiger partial charge >= 0.3 is 0 Å². The fourth-order valence-corrected chi connectivity index (χ4v) is 4.57. The van der Waals surface area contributed by atoms with Crippen LogP contribution in [0.2, 0.25) is 0 Å². The standard InChI is InChI=1S/C23H23F2N5O3S/c1-14-7-20(23(31)29-19-4-5-27-21(11-19)34(26,32)33)22(28-12-14)30-6-2-3-15(13-30)16-8-17(24)10-18(25)9-16/h4-5,7-12,15H,2-3,6,13H2,1H3,(H2,26,32,33)(H,27,29,31). The zero-order valence-corrected chi connectivity index (χ0v) is 19.1. The van der Waals surface area contributed by atoms with Crippen LogP contribution >= 0.6 is 0 Å². The molecule has 178 valence electrons. The molecule has 1 unspecified atom stereocenters. The van der Waals surface area contributed by atoms with Crippen molar-refractivity contribution in [1.82, 2.24) is 9.97 Å². The Morgan fingerprint density at radius 3 is 2.59 bits per heavy atom. The topological polar surface area (TPSA) is 118 Å². The van der Waals surface area contributed by atoms with Crippen molar-refractivity contribution < 1.29 is 22.0 Å². The van der Waals surface area contributed by atoms with E-state index in [2.05, 4.69) is 15.3 Å². The summed E-state index contributed by atoms with van der Waals surface area (Å²) in [4.78, 5) is 23.3. The smallest absolute Gasteiger partial charge is 0.259 e. The fourth-order valence-electron chi connectivity index (χ4n) is 4.07. The maximum absolute atomic E-state index is 13.8. The minimum atomic E-state index is -4.03.